The minimum absolute atomic E-state index is 0.0332. The highest BCUT2D eigenvalue weighted by molar-refractivity contribution is 5.78. The summed E-state index contributed by atoms with van der Waals surface area (Å²) in [6.07, 6.45) is 4.44. The summed E-state index contributed by atoms with van der Waals surface area (Å²) in [5.41, 5.74) is 0. The highest BCUT2D eigenvalue weighted by Gasteiger charge is 2.27. The fourth-order valence-electron chi connectivity index (χ4n) is 2.41. The quantitative estimate of drug-likeness (QED) is 0.683. The van der Waals surface area contributed by atoms with Gasteiger partial charge < -0.3 is 15.3 Å². The molecule has 0 radical (unpaired) electrons. The molecule has 114 valence electrons. The number of carbonyl (C=O) groups is 3. The number of carboxylic acid groups (broad SMARTS) is 1. The monoisotopic (exact) mass is 284 g/mol. The van der Waals surface area contributed by atoms with E-state index in [4.69, 9.17) is 5.11 Å². The molecule has 6 heteroatoms. The maximum absolute atomic E-state index is 12.0. The van der Waals surface area contributed by atoms with Crippen LogP contribution in [0.5, 0.6) is 0 Å². The van der Waals surface area contributed by atoms with Crippen LogP contribution in [-0.2, 0) is 14.4 Å². The van der Waals surface area contributed by atoms with Gasteiger partial charge in [-0.25, -0.2) is 0 Å². The summed E-state index contributed by atoms with van der Waals surface area (Å²) >= 11 is 0. The first-order valence-corrected chi connectivity index (χ1v) is 7.25. The van der Waals surface area contributed by atoms with E-state index in [9.17, 15) is 14.4 Å². The number of nitrogens with one attached hydrogen (secondary N) is 1. The first-order valence-electron chi connectivity index (χ1n) is 7.25. The van der Waals surface area contributed by atoms with Crippen LogP contribution in [0.4, 0.5) is 0 Å². The highest BCUT2D eigenvalue weighted by Crippen LogP contribution is 2.18. The smallest absolute Gasteiger partial charge is 0.308 e. The number of amides is 2. The number of piperidine rings is 1. The molecule has 0 aromatic carbocycles. The van der Waals surface area contributed by atoms with Crippen molar-refractivity contribution >= 4 is 17.8 Å². The third kappa shape index (κ3) is 6.04. The summed E-state index contributed by atoms with van der Waals surface area (Å²) in [5.74, 6) is -1.20. The molecule has 1 saturated heterocycles. The number of carbonyl (C=O) groups excluding carboxylic acids is 2. The summed E-state index contributed by atoms with van der Waals surface area (Å²) in [5, 5.41) is 11.7. The summed E-state index contributed by atoms with van der Waals surface area (Å²) in [6, 6.07) is 0. The van der Waals surface area contributed by atoms with Gasteiger partial charge in [-0.3, -0.25) is 14.4 Å². The molecular formula is C14H24N2O4. The van der Waals surface area contributed by atoms with E-state index in [0.717, 1.165) is 25.7 Å². The Morgan fingerprint density at radius 3 is 2.65 bits per heavy atom. The van der Waals surface area contributed by atoms with Crippen LogP contribution in [0.1, 0.15) is 45.4 Å². The lowest BCUT2D eigenvalue weighted by Gasteiger charge is -2.30. The van der Waals surface area contributed by atoms with Crippen LogP contribution in [0, 0.1) is 5.92 Å². The average Bonchev–Trinajstić information content (AvgIpc) is 2.42. The van der Waals surface area contributed by atoms with Crippen LogP contribution in [0.3, 0.4) is 0 Å². The Balaban J connectivity index is 2.15. The first-order chi connectivity index (χ1) is 9.50. The van der Waals surface area contributed by atoms with Crippen LogP contribution in [0.15, 0.2) is 0 Å². The molecule has 1 heterocycles. The standard InChI is InChI=1S/C14H24N2O4/c1-11(17)15-8-4-2-3-7-13(18)16-9-5-6-12(10-16)14(19)20/h12H,2-10H2,1H3,(H,15,17)(H,19,20). The zero-order chi connectivity index (χ0) is 15.0. The van der Waals surface area contributed by atoms with Gasteiger partial charge in [0.1, 0.15) is 0 Å². The summed E-state index contributed by atoms with van der Waals surface area (Å²) in [6.45, 7) is 3.15. The van der Waals surface area contributed by atoms with Gasteiger partial charge in [-0.2, -0.15) is 0 Å². The molecule has 1 fully saturated rings. The lowest BCUT2D eigenvalue weighted by Crippen LogP contribution is -2.42. The van der Waals surface area contributed by atoms with Crippen molar-refractivity contribution in [1.29, 1.82) is 0 Å². The first kappa shape index (κ1) is 16.5. The molecular weight excluding hydrogens is 260 g/mol. The second-order valence-corrected chi connectivity index (χ2v) is 5.31. The number of rotatable bonds is 7. The molecule has 1 rings (SSSR count). The second-order valence-electron chi connectivity index (χ2n) is 5.31. The molecule has 1 aliphatic heterocycles. The minimum atomic E-state index is -0.808. The van der Waals surface area contributed by atoms with E-state index in [-0.39, 0.29) is 11.8 Å². The van der Waals surface area contributed by atoms with Crippen molar-refractivity contribution in [3.63, 3.8) is 0 Å². The Labute approximate surface area is 119 Å². The number of nitrogens with zero attached hydrogens (tertiary/aromatic N) is 1. The molecule has 0 bridgehead atoms. The Morgan fingerprint density at radius 2 is 2.00 bits per heavy atom. The van der Waals surface area contributed by atoms with Crippen molar-refractivity contribution in [3.05, 3.63) is 0 Å². The third-order valence-corrected chi connectivity index (χ3v) is 3.56. The lowest BCUT2D eigenvalue weighted by atomic mass is 9.98. The number of hydrogen-bond donors (Lipinski definition) is 2. The minimum Gasteiger partial charge on any atom is -0.481 e. The lowest BCUT2D eigenvalue weighted by molar-refractivity contribution is -0.145. The van der Waals surface area contributed by atoms with Crippen molar-refractivity contribution in [1.82, 2.24) is 10.2 Å². The third-order valence-electron chi connectivity index (χ3n) is 3.56. The zero-order valence-corrected chi connectivity index (χ0v) is 12.1. The molecule has 20 heavy (non-hydrogen) atoms. The Bertz CT molecular complexity index is 357. The molecule has 2 amide bonds. The van der Waals surface area contributed by atoms with Gasteiger partial charge in [0, 0.05) is 33.0 Å². The average molecular weight is 284 g/mol. The molecule has 1 unspecified atom stereocenters. The normalized spacial score (nSPS) is 18.6. The fourth-order valence-corrected chi connectivity index (χ4v) is 2.41. The molecule has 1 aliphatic rings. The molecule has 0 aromatic heterocycles. The van der Waals surface area contributed by atoms with Crippen molar-refractivity contribution in [2.45, 2.75) is 45.4 Å². The van der Waals surface area contributed by atoms with E-state index in [2.05, 4.69) is 5.32 Å². The summed E-state index contributed by atoms with van der Waals surface area (Å²) in [7, 11) is 0. The van der Waals surface area contributed by atoms with Gasteiger partial charge in [-0.15, -0.1) is 0 Å². The predicted octanol–water partition coefficient (Wildman–Crippen LogP) is 1.01. The van der Waals surface area contributed by atoms with Crippen molar-refractivity contribution < 1.29 is 19.5 Å². The maximum Gasteiger partial charge on any atom is 0.308 e. The van der Waals surface area contributed by atoms with Gasteiger partial charge in [0.25, 0.3) is 0 Å². The number of aliphatic carboxylic acids is 1. The van der Waals surface area contributed by atoms with Gasteiger partial charge in [0.05, 0.1) is 5.92 Å². The van der Waals surface area contributed by atoms with E-state index >= 15 is 0 Å². The second kappa shape index (κ2) is 8.55. The van der Waals surface area contributed by atoms with Crippen molar-refractivity contribution in [3.8, 4) is 0 Å². The molecule has 0 spiro atoms. The van der Waals surface area contributed by atoms with Crippen LogP contribution in [0.25, 0.3) is 0 Å². The van der Waals surface area contributed by atoms with Crippen molar-refractivity contribution in [2.24, 2.45) is 5.92 Å². The molecule has 2 N–H and O–H groups in total. The number of carboxylic acids is 1. The van der Waals surface area contributed by atoms with Crippen LogP contribution < -0.4 is 5.32 Å². The number of unbranched alkanes of at least 4 members (excludes halogenated alkanes) is 2. The molecule has 0 aliphatic carbocycles. The molecule has 0 aromatic rings. The van der Waals surface area contributed by atoms with E-state index in [1.54, 1.807) is 4.90 Å². The maximum atomic E-state index is 12.0. The van der Waals surface area contributed by atoms with Gasteiger partial charge in [0.15, 0.2) is 0 Å². The van der Waals surface area contributed by atoms with Gasteiger partial charge in [-0.05, 0) is 25.7 Å². The van der Waals surface area contributed by atoms with E-state index in [0.29, 0.717) is 32.5 Å². The van der Waals surface area contributed by atoms with Gasteiger partial charge >= 0.3 is 5.97 Å². The zero-order valence-electron chi connectivity index (χ0n) is 12.1. The Kier molecular flexibility index (Phi) is 7.04. The van der Waals surface area contributed by atoms with Gasteiger partial charge in [0.2, 0.25) is 11.8 Å². The number of hydrogen-bond acceptors (Lipinski definition) is 3. The van der Waals surface area contributed by atoms with Crippen LogP contribution in [0.2, 0.25) is 0 Å². The van der Waals surface area contributed by atoms with E-state index < -0.39 is 11.9 Å². The van der Waals surface area contributed by atoms with Crippen LogP contribution >= 0.6 is 0 Å². The topological polar surface area (TPSA) is 86.7 Å². The Hall–Kier alpha value is -1.59. The summed E-state index contributed by atoms with van der Waals surface area (Å²) < 4.78 is 0. The summed E-state index contributed by atoms with van der Waals surface area (Å²) in [4.78, 5) is 35.2. The van der Waals surface area contributed by atoms with E-state index in [1.807, 2.05) is 0 Å². The van der Waals surface area contributed by atoms with Crippen LogP contribution in [-0.4, -0.2) is 47.4 Å². The van der Waals surface area contributed by atoms with Crippen molar-refractivity contribution in [2.75, 3.05) is 19.6 Å². The highest BCUT2D eigenvalue weighted by atomic mass is 16.4. The Morgan fingerprint density at radius 1 is 1.25 bits per heavy atom. The fraction of sp³-hybridized carbons (Fsp3) is 0.786. The van der Waals surface area contributed by atoms with Gasteiger partial charge in [-0.1, -0.05) is 6.42 Å². The largest absolute Gasteiger partial charge is 0.481 e. The molecule has 1 atom stereocenters. The predicted molar refractivity (Wildman–Crippen MR) is 74.1 cm³/mol. The SMILES string of the molecule is CC(=O)NCCCCCC(=O)N1CCCC(C(=O)O)C1. The number of likely N-dealkylation sites (tertiary alicyclic amines) is 1. The molecule has 6 nitrogen and oxygen atoms in total. The van der Waals surface area contributed by atoms with E-state index in [1.165, 1.54) is 6.92 Å². The molecule has 0 saturated carbocycles.